The topological polar surface area (TPSA) is 34.1 Å². The summed E-state index contributed by atoms with van der Waals surface area (Å²) in [6, 6.07) is 0. The zero-order chi connectivity index (χ0) is 8.31. The second-order valence-corrected chi connectivity index (χ2v) is 2.55. The van der Waals surface area contributed by atoms with E-state index in [4.69, 9.17) is 0 Å². The molecule has 2 heteroatoms. The molecule has 56 valence electrons. The largest absolute Gasteiger partial charge is 0.294 e. The lowest BCUT2D eigenvalue weighted by molar-refractivity contribution is -0.122. The van der Waals surface area contributed by atoms with Gasteiger partial charge in [-0.2, -0.15) is 0 Å². The first-order chi connectivity index (χ1) is 4.46. The Bertz CT molecular complexity index is 178. The fourth-order valence-electron chi connectivity index (χ4n) is 0.522. The first kappa shape index (κ1) is 9.08. The first-order valence-corrected chi connectivity index (χ1v) is 3.21. The second-order valence-electron chi connectivity index (χ2n) is 2.55. The van der Waals surface area contributed by atoms with Crippen molar-refractivity contribution in [2.24, 2.45) is 5.92 Å². The van der Waals surface area contributed by atoms with E-state index in [9.17, 15) is 9.59 Å². The fourth-order valence-corrected chi connectivity index (χ4v) is 0.522. The third-order valence-corrected chi connectivity index (χ3v) is 1.25. The molecule has 0 N–H and O–H groups in total. The minimum absolute atomic E-state index is 0.106. The van der Waals surface area contributed by atoms with E-state index in [2.05, 4.69) is 6.58 Å². The number of hydrogen-bond donors (Lipinski definition) is 0. The van der Waals surface area contributed by atoms with Crippen molar-refractivity contribution in [3.63, 3.8) is 0 Å². The van der Waals surface area contributed by atoms with E-state index in [1.54, 1.807) is 13.8 Å². The van der Waals surface area contributed by atoms with Gasteiger partial charge in [0.05, 0.1) is 5.57 Å². The Morgan fingerprint density at radius 1 is 1.30 bits per heavy atom. The van der Waals surface area contributed by atoms with E-state index in [0.29, 0.717) is 0 Å². The molecule has 0 saturated heterocycles. The molecular weight excluding hydrogens is 128 g/mol. The maximum absolute atomic E-state index is 11.0. The molecule has 0 bridgehead atoms. The smallest absolute Gasteiger partial charge is 0.168 e. The number of rotatable bonds is 3. The average Bonchev–Trinajstić information content (AvgIpc) is 1.84. The molecular formula is C8H12O2. The third kappa shape index (κ3) is 2.13. The normalized spacial score (nSPS) is 9.60. The van der Waals surface area contributed by atoms with Gasteiger partial charge in [0, 0.05) is 5.92 Å². The van der Waals surface area contributed by atoms with Crippen LogP contribution < -0.4 is 0 Å². The van der Waals surface area contributed by atoms with Crippen LogP contribution in [0.1, 0.15) is 20.8 Å². The molecule has 2 nitrogen and oxygen atoms in total. The highest BCUT2D eigenvalue weighted by Crippen LogP contribution is 2.03. The van der Waals surface area contributed by atoms with Gasteiger partial charge in [-0.3, -0.25) is 9.59 Å². The third-order valence-electron chi connectivity index (χ3n) is 1.25. The van der Waals surface area contributed by atoms with Crippen molar-refractivity contribution >= 4 is 11.6 Å². The van der Waals surface area contributed by atoms with Crippen LogP contribution in [0.25, 0.3) is 0 Å². The highest BCUT2D eigenvalue weighted by molar-refractivity contribution is 6.19. The molecule has 0 aliphatic rings. The number of allylic oxidation sites excluding steroid dienone is 1. The lowest BCUT2D eigenvalue weighted by Gasteiger charge is -2.02. The van der Waals surface area contributed by atoms with Gasteiger partial charge >= 0.3 is 0 Å². The molecule has 0 radical (unpaired) electrons. The minimum atomic E-state index is -0.237. The average molecular weight is 140 g/mol. The van der Waals surface area contributed by atoms with E-state index in [1.165, 1.54) is 6.92 Å². The van der Waals surface area contributed by atoms with Crippen molar-refractivity contribution in [3.05, 3.63) is 12.2 Å². The summed E-state index contributed by atoms with van der Waals surface area (Å²) >= 11 is 0. The summed E-state index contributed by atoms with van der Waals surface area (Å²) in [5.41, 5.74) is 0.106. The van der Waals surface area contributed by atoms with Crippen molar-refractivity contribution in [1.29, 1.82) is 0 Å². The zero-order valence-electron chi connectivity index (χ0n) is 6.60. The number of carbonyl (C=O) groups is 2. The van der Waals surface area contributed by atoms with Crippen LogP contribution in [0.2, 0.25) is 0 Å². The highest BCUT2D eigenvalue weighted by Gasteiger charge is 2.14. The van der Waals surface area contributed by atoms with Crippen LogP contribution in [0.3, 0.4) is 0 Å². The lowest BCUT2D eigenvalue weighted by atomic mass is 10.0. The van der Waals surface area contributed by atoms with Crippen LogP contribution in [0.4, 0.5) is 0 Å². The number of carbonyl (C=O) groups excluding carboxylic acids is 2. The van der Waals surface area contributed by atoms with Gasteiger partial charge in [0.2, 0.25) is 0 Å². The van der Waals surface area contributed by atoms with Crippen LogP contribution in [0.15, 0.2) is 12.2 Å². The van der Waals surface area contributed by atoms with E-state index >= 15 is 0 Å². The summed E-state index contributed by atoms with van der Waals surface area (Å²) < 4.78 is 0. The molecule has 0 aromatic carbocycles. The fraction of sp³-hybridized carbons (Fsp3) is 0.500. The predicted molar refractivity (Wildman–Crippen MR) is 39.7 cm³/mol. The second kappa shape index (κ2) is 3.30. The highest BCUT2D eigenvalue weighted by atomic mass is 16.1. The maximum atomic E-state index is 11.0. The van der Waals surface area contributed by atoms with Crippen molar-refractivity contribution in [2.45, 2.75) is 20.8 Å². The molecule has 0 amide bonds. The summed E-state index contributed by atoms with van der Waals surface area (Å²) in [6.45, 7) is 8.22. The number of hydrogen-bond acceptors (Lipinski definition) is 2. The molecule has 10 heavy (non-hydrogen) atoms. The predicted octanol–water partition coefficient (Wildman–Crippen LogP) is 1.36. The number of Topliss-reactive ketones (excluding diaryl/α,β-unsaturated/α-hetero) is 2. The van der Waals surface area contributed by atoms with Crippen molar-refractivity contribution in [2.75, 3.05) is 0 Å². The molecule has 0 rings (SSSR count). The number of ketones is 2. The van der Waals surface area contributed by atoms with E-state index in [-0.39, 0.29) is 23.1 Å². The van der Waals surface area contributed by atoms with Crippen molar-refractivity contribution < 1.29 is 9.59 Å². The first-order valence-electron chi connectivity index (χ1n) is 3.21. The molecule has 0 atom stereocenters. The molecule has 0 heterocycles. The molecule has 0 saturated carbocycles. The molecule has 0 aliphatic carbocycles. The Kier molecular flexibility index (Phi) is 3.00. The Morgan fingerprint density at radius 3 is 1.80 bits per heavy atom. The summed E-state index contributed by atoms with van der Waals surface area (Å²) in [6.07, 6.45) is 0. The SMILES string of the molecule is C=C(C(C)=O)C(=O)C(C)C. The van der Waals surface area contributed by atoms with Gasteiger partial charge in [0.1, 0.15) is 0 Å². The molecule has 0 fully saturated rings. The van der Waals surface area contributed by atoms with Crippen LogP contribution in [0.5, 0.6) is 0 Å². The Balaban J connectivity index is 4.24. The zero-order valence-corrected chi connectivity index (χ0v) is 6.60. The lowest BCUT2D eigenvalue weighted by Crippen LogP contribution is -2.14. The monoisotopic (exact) mass is 140 g/mol. The van der Waals surface area contributed by atoms with Crippen molar-refractivity contribution in [3.8, 4) is 0 Å². The van der Waals surface area contributed by atoms with Crippen LogP contribution in [-0.4, -0.2) is 11.6 Å². The van der Waals surface area contributed by atoms with Crippen LogP contribution in [0, 0.1) is 5.92 Å². The molecule has 0 aromatic heterocycles. The molecule has 0 unspecified atom stereocenters. The van der Waals surface area contributed by atoms with Crippen LogP contribution >= 0.6 is 0 Å². The van der Waals surface area contributed by atoms with E-state index in [0.717, 1.165) is 0 Å². The molecule has 0 aromatic rings. The van der Waals surface area contributed by atoms with Gasteiger partial charge in [-0.05, 0) is 6.92 Å². The summed E-state index contributed by atoms with van der Waals surface area (Å²) in [5.74, 6) is -0.525. The summed E-state index contributed by atoms with van der Waals surface area (Å²) in [4.78, 5) is 21.5. The van der Waals surface area contributed by atoms with E-state index < -0.39 is 0 Å². The van der Waals surface area contributed by atoms with Gasteiger partial charge in [0.15, 0.2) is 11.6 Å². The van der Waals surface area contributed by atoms with Crippen LogP contribution in [-0.2, 0) is 9.59 Å². The maximum Gasteiger partial charge on any atom is 0.168 e. The van der Waals surface area contributed by atoms with Gasteiger partial charge in [0.25, 0.3) is 0 Å². The summed E-state index contributed by atoms with van der Waals surface area (Å²) in [7, 11) is 0. The Morgan fingerprint density at radius 2 is 1.70 bits per heavy atom. The van der Waals surface area contributed by atoms with E-state index in [1.807, 2.05) is 0 Å². The van der Waals surface area contributed by atoms with Crippen molar-refractivity contribution in [1.82, 2.24) is 0 Å². The summed E-state index contributed by atoms with van der Waals surface area (Å²) in [5, 5.41) is 0. The van der Waals surface area contributed by atoms with Gasteiger partial charge in [-0.25, -0.2) is 0 Å². The molecule has 0 spiro atoms. The Hall–Kier alpha value is -0.920. The standard InChI is InChI=1S/C8H12O2/c1-5(2)8(10)6(3)7(4)9/h5H,3H2,1-2,4H3. The minimum Gasteiger partial charge on any atom is -0.294 e. The van der Waals surface area contributed by atoms with Gasteiger partial charge in [-0.1, -0.05) is 20.4 Å². The van der Waals surface area contributed by atoms with Gasteiger partial charge in [-0.15, -0.1) is 0 Å². The molecule has 0 aliphatic heterocycles. The Labute approximate surface area is 60.9 Å². The van der Waals surface area contributed by atoms with Gasteiger partial charge < -0.3 is 0 Å². The quantitative estimate of drug-likeness (QED) is 0.337.